The number of piperidine rings is 1. The molecule has 8 heteroatoms. The summed E-state index contributed by atoms with van der Waals surface area (Å²) in [6.45, 7) is 7.79. The minimum atomic E-state index is -0.140. The van der Waals surface area contributed by atoms with Crippen LogP contribution in [0.3, 0.4) is 0 Å². The summed E-state index contributed by atoms with van der Waals surface area (Å²) in [6, 6.07) is 14.7. The monoisotopic (exact) mass is 494 g/mol. The molecule has 1 aliphatic rings. The van der Waals surface area contributed by atoms with Crippen molar-refractivity contribution in [1.29, 1.82) is 0 Å². The fourth-order valence-electron chi connectivity index (χ4n) is 4.44. The Morgan fingerprint density at radius 3 is 2.49 bits per heavy atom. The van der Waals surface area contributed by atoms with Gasteiger partial charge in [0.2, 0.25) is 0 Å². The summed E-state index contributed by atoms with van der Waals surface area (Å²) < 4.78 is 7.23. The molecule has 0 spiro atoms. The van der Waals surface area contributed by atoms with Crippen LogP contribution in [-0.2, 0) is 0 Å². The van der Waals surface area contributed by atoms with Crippen LogP contribution in [0.5, 0.6) is 5.75 Å². The first-order valence-electron chi connectivity index (χ1n) is 12.0. The molecule has 0 aliphatic carbocycles. The van der Waals surface area contributed by atoms with Crippen LogP contribution in [0.4, 0.5) is 0 Å². The minimum absolute atomic E-state index is 0.00131. The maximum absolute atomic E-state index is 13.2. The maximum atomic E-state index is 13.2. The second-order valence-electron chi connectivity index (χ2n) is 8.99. The standard InChI is InChI=1S/C27H31ClN4O3/c1-4-35-23-10-8-19(9-11-23)27(34)31-14-12-21(13-15-31)30-26(33)24-17-29-32(25(24)18(2)3)22-7-5-6-20(28)16-22/h5-11,16-18,21H,4,12-15H2,1-3H3,(H,30,33). The summed E-state index contributed by atoms with van der Waals surface area (Å²) in [5.41, 5.74) is 2.87. The lowest BCUT2D eigenvalue weighted by atomic mass is 10.0. The molecule has 1 fully saturated rings. The van der Waals surface area contributed by atoms with Gasteiger partial charge in [0.05, 0.1) is 29.7 Å². The van der Waals surface area contributed by atoms with Crippen LogP contribution in [0.15, 0.2) is 54.7 Å². The number of aromatic nitrogens is 2. The van der Waals surface area contributed by atoms with E-state index in [-0.39, 0.29) is 23.8 Å². The Labute approximate surface area is 211 Å². The van der Waals surface area contributed by atoms with Gasteiger partial charge in [0.1, 0.15) is 5.75 Å². The van der Waals surface area contributed by atoms with Crippen molar-refractivity contribution in [1.82, 2.24) is 20.0 Å². The summed E-state index contributed by atoms with van der Waals surface area (Å²) in [7, 11) is 0. The van der Waals surface area contributed by atoms with Gasteiger partial charge >= 0.3 is 0 Å². The average molecular weight is 495 g/mol. The Kier molecular flexibility index (Phi) is 7.76. The molecule has 184 valence electrons. The molecule has 0 saturated carbocycles. The van der Waals surface area contributed by atoms with Crippen LogP contribution in [0.2, 0.25) is 5.02 Å². The van der Waals surface area contributed by atoms with Gasteiger partial charge in [0.15, 0.2) is 0 Å². The molecule has 2 amide bonds. The van der Waals surface area contributed by atoms with Crippen molar-refractivity contribution in [3.8, 4) is 11.4 Å². The highest BCUT2D eigenvalue weighted by molar-refractivity contribution is 6.30. The van der Waals surface area contributed by atoms with Gasteiger partial charge in [-0.15, -0.1) is 0 Å². The topological polar surface area (TPSA) is 76.5 Å². The predicted molar refractivity (Wildman–Crippen MR) is 137 cm³/mol. The van der Waals surface area contributed by atoms with E-state index in [0.717, 1.165) is 17.1 Å². The summed E-state index contributed by atoms with van der Waals surface area (Å²) in [5, 5.41) is 8.26. The molecule has 4 rings (SSSR count). The fourth-order valence-corrected chi connectivity index (χ4v) is 4.62. The van der Waals surface area contributed by atoms with Gasteiger partial charge in [-0.2, -0.15) is 5.10 Å². The van der Waals surface area contributed by atoms with Crippen molar-refractivity contribution in [3.63, 3.8) is 0 Å². The molecule has 1 saturated heterocycles. The van der Waals surface area contributed by atoms with Gasteiger partial charge in [-0.05, 0) is 68.1 Å². The van der Waals surface area contributed by atoms with E-state index in [9.17, 15) is 9.59 Å². The van der Waals surface area contributed by atoms with Gasteiger partial charge < -0.3 is 15.0 Å². The van der Waals surface area contributed by atoms with E-state index in [1.807, 2.05) is 62.1 Å². The highest BCUT2D eigenvalue weighted by atomic mass is 35.5. The smallest absolute Gasteiger partial charge is 0.255 e. The van der Waals surface area contributed by atoms with Crippen molar-refractivity contribution in [2.24, 2.45) is 0 Å². The Balaban J connectivity index is 1.39. The molecule has 0 bridgehead atoms. The number of nitrogens with zero attached hydrogens (tertiary/aromatic N) is 3. The first kappa shape index (κ1) is 24.8. The van der Waals surface area contributed by atoms with Gasteiger partial charge in [-0.1, -0.05) is 31.5 Å². The number of benzene rings is 2. The van der Waals surface area contributed by atoms with E-state index in [0.29, 0.717) is 48.7 Å². The summed E-state index contributed by atoms with van der Waals surface area (Å²) in [5.74, 6) is 0.705. The summed E-state index contributed by atoms with van der Waals surface area (Å²) in [4.78, 5) is 27.9. The first-order valence-corrected chi connectivity index (χ1v) is 12.4. The quantitative estimate of drug-likeness (QED) is 0.496. The molecule has 35 heavy (non-hydrogen) atoms. The van der Waals surface area contributed by atoms with Gasteiger partial charge in [0, 0.05) is 29.7 Å². The number of nitrogens with one attached hydrogen (secondary N) is 1. The number of ether oxygens (including phenoxy) is 1. The SMILES string of the molecule is CCOc1ccc(C(=O)N2CCC(NC(=O)c3cnn(-c4cccc(Cl)c4)c3C(C)C)CC2)cc1. The number of carbonyl (C=O) groups excluding carboxylic acids is 2. The second-order valence-corrected chi connectivity index (χ2v) is 9.42. The molecule has 1 aromatic heterocycles. The second kappa shape index (κ2) is 11.0. The van der Waals surface area contributed by atoms with E-state index in [1.165, 1.54) is 0 Å². The molecule has 3 aromatic rings. The zero-order valence-electron chi connectivity index (χ0n) is 20.3. The van der Waals surface area contributed by atoms with Crippen molar-refractivity contribution in [2.75, 3.05) is 19.7 Å². The highest BCUT2D eigenvalue weighted by Crippen LogP contribution is 2.25. The molecule has 0 atom stereocenters. The predicted octanol–water partition coefficient (Wildman–Crippen LogP) is 5.08. The van der Waals surface area contributed by atoms with Crippen molar-refractivity contribution in [2.45, 2.75) is 45.6 Å². The maximum Gasteiger partial charge on any atom is 0.255 e. The van der Waals surface area contributed by atoms with Crippen molar-refractivity contribution >= 4 is 23.4 Å². The Hall–Kier alpha value is -3.32. The largest absolute Gasteiger partial charge is 0.494 e. The van der Waals surface area contributed by atoms with Gasteiger partial charge in [-0.25, -0.2) is 4.68 Å². The van der Waals surface area contributed by atoms with Crippen molar-refractivity contribution in [3.05, 3.63) is 76.6 Å². The lowest BCUT2D eigenvalue weighted by Crippen LogP contribution is -2.46. The van der Waals surface area contributed by atoms with Crippen LogP contribution >= 0.6 is 11.6 Å². The fraction of sp³-hybridized carbons (Fsp3) is 0.370. The van der Waals surface area contributed by atoms with Crippen LogP contribution in [-0.4, -0.2) is 52.2 Å². The zero-order chi connectivity index (χ0) is 24.9. The van der Waals surface area contributed by atoms with Gasteiger partial charge in [0.25, 0.3) is 11.8 Å². The third-order valence-corrected chi connectivity index (χ3v) is 6.42. The third kappa shape index (κ3) is 5.68. The van der Waals surface area contributed by atoms with Crippen LogP contribution in [0.25, 0.3) is 5.69 Å². The molecule has 0 unspecified atom stereocenters. The number of rotatable bonds is 7. The number of carbonyl (C=O) groups is 2. The Morgan fingerprint density at radius 1 is 1.14 bits per heavy atom. The van der Waals surface area contributed by atoms with Crippen LogP contribution in [0.1, 0.15) is 65.9 Å². The van der Waals surface area contributed by atoms with Crippen LogP contribution in [0, 0.1) is 0 Å². The molecule has 7 nitrogen and oxygen atoms in total. The average Bonchev–Trinajstić information content (AvgIpc) is 3.31. The molecule has 1 aliphatic heterocycles. The summed E-state index contributed by atoms with van der Waals surface area (Å²) in [6.07, 6.45) is 3.03. The molecule has 2 heterocycles. The Morgan fingerprint density at radius 2 is 1.86 bits per heavy atom. The molecule has 1 N–H and O–H groups in total. The van der Waals surface area contributed by atoms with E-state index in [4.69, 9.17) is 16.3 Å². The summed E-state index contributed by atoms with van der Waals surface area (Å²) >= 11 is 6.16. The minimum Gasteiger partial charge on any atom is -0.494 e. The molecule has 0 radical (unpaired) electrons. The molecule has 2 aromatic carbocycles. The molecular weight excluding hydrogens is 464 g/mol. The number of hydrogen-bond acceptors (Lipinski definition) is 4. The number of likely N-dealkylation sites (tertiary alicyclic amines) is 1. The number of amides is 2. The lowest BCUT2D eigenvalue weighted by Gasteiger charge is -2.32. The zero-order valence-corrected chi connectivity index (χ0v) is 21.1. The van der Waals surface area contributed by atoms with E-state index in [2.05, 4.69) is 10.4 Å². The van der Waals surface area contributed by atoms with E-state index in [1.54, 1.807) is 23.0 Å². The van der Waals surface area contributed by atoms with E-state index < -0.39 is 0 Å². The normalized spacial score (nSPS) is 14.3. The third-order valence-electron chi connectivity index (χ3n) is 6.18. The van der Waals surface area contributed by atoms with Crippen LogP contribution < -0.4 is 10.1 Å². The van der Waals surface area contributed by atoms with Gasteiger partial charge in [-0.3, -0.25) is 9.59 Å². The van der Waals surface area contributed by atoms with Crippen molar-refractivity contribution < 1.29 is 14.3 Å². The Bertz CT molecular complexity index is 1180. The first-order chi connectivity index (χ1) is 16.9. The lowest BCUT2D eigenvalue weighted by molar-refractivity contribution is 0.0698. The highest BCUT2D eigenvalue weighted by Gasteiger charge is 2.27. The number of halogens is 1. The molecular formula is C27H31ClN4O3. The van der Waals surface area contributed by atoms with E-state index >= 15 is 0 Å². The number of hydrogen-bond donors (Lipinski definition) is 1.